The van der Waals surface area contributed by atoms with Gasteiger partial charge in [0.15, 0.2) is 0 Å². The molecule has 0 aromatic heterocycles. The summed E-state index contributed by atoms with van der Waals surface area (Å²) in [4.78, 5) is 12.3. The number of nitrogens with two attached hydrogens (primary N) is 1. The molecular weight excluding hydrogens is 560 g/mol. The highest BCUT2D eigenvalue weighted by molar-refractivity contribution is 4.96. The summed E-state index contributed by atoms with van der Waals surface area (Å²) in [5.74, 6) is 1.62. The van der Waals surface area contributed by atoms with E-state index in [-0.39, 0.29) is 0 Å². The topological polar surface area (TPSA) is 90.3 Å². The molecule has 0 aromatic carbocycles. The summed E-state index contributed by atoms with van der Waals surface area (Å²) in [6.07, 6.45) is 12.6. The highest BCUT2D eigenvalue weighted by atomic mass is 15.3. The molecule has 10 nitrogen and oxygen atoms in total. The van der Waals surface area contributed by atoms with Gasteiger partial charge >= 0.3 is 0 Å². The van der Waals surface area contributed by atoms with Gasteiger partial charge in [-0.2, -0.15) is 0 Å². The zero-order valence-corrected chi connectivity index (χ0v) is 29.6. The lowest BCUT2D eigenvalue weighted by atomic mass is 9.94. The molecule has 11 aliphatic rings. The molecule has 0 spiro atoms. The van der Waals surface area contributed by atoms with E-state index in [1.54, 1.807) is 0 Å². The first kappa shape index (κ1) is 34.5. The first-order valence-corrected chi connectivity index (χ1v) is 18.9. The van der Waals surface area contributed by atoms with Crippen LogP contribution < -0.4 is 27.0 Å². The van der Waals surface area contributed by atoms with E-state index < -0.39 is 0 Å². The van der Waals surface area contributed by atoms with Crippen molar-refractivity contribution in [2.24, 2.45) is 17.6 Å². The van der Waals surface area contributed by atoms with Gasteiger partial charge < -0.3 is 46.6 Å². The highest BCUT2D eigenvalue weighted by Gasteiger charge is 2.38. The quantitative estimate of drug-likeness (QED) is 0.254. The Bertz CT molecular complexity index is 849. The number of nitrogens with zero attached hydrogens (tertiary/aromatic N) is 5. The first-order valence-electron chi connectivity index (χ1n) is 18.9. The van der Waals surface area contributed by atoms with E-state index >= 15 is 0 Å². The molecule has 45 heavy (non-hydrogen) atoms. The minimum absolute atomic E-state index is 0.524. The summed E-state index contributed by atoms with van der Waals surface area (Å²) in [7, 11) is 11.1. The fourth-order valence-corrected chi connectivity index (χ4v) is 10.2. The van der Waals surface area contributed by atoms with Gasteiger partial charge in [-0.05, 0) is 105 Å². The number of rotatable bonds is 0. The third-order valence-electron chi connectivity index (χ3n) is 13.2. The molecule has 10 heterocycles. The molecule has 0 aromatic rings. The van der Waals surface area contributed by atoms with Gasteiger partial charge in [0, 0.05) is 120 Å². The largest absolute Gasteiger partial charge is 0.327 e. The standard InChI is InChI=1S/C8H16N2.3C7H14N2.C6H12N2/c1-10-4-6-2-3-7(5-10)8(6)9;1-9-5-6-2-3-7(9)4-8-6;1-9-4-6-2-3-7(5-9)8-6;1-9-6-2-3-7(9)5-8-4-6;1-8-4-5-2-6(8)3-7-5/h6-8H,2-5,9H2,1H3;3*6-8H,2-5H2,1H3;5-7H,2-4H2,1H3. The molecule has 11 fully saturated rings. The Morgan fingerprint density at radius 1 is 0.489 bits per heavy atom. The van der Waals surface area contributed by atoms with Crippen molar-refractivity contribution in [2.75, 3.05) is 101 Å². The van der Waals surface area contributed by atoms with Crippen molar-refractivity contribution in [1.29, 1.82) is 0 Å². The predicted octanol–water partition coefficient (Wildman–Crippen LogP) is 0.105. The molecule has 10 saturated heterocycles. The Morgan fingerprint density at radius 3 is 1.40 bits per heavy atom. The van der Waals surface area contributed by atoms with Crippen LogP contribution in [0.2, 0.25) is 0 Å². The Morgan fingerprint density at radius 2 is 1.00 bits per heavy atom. The minimum Gasteiger partial charge on any atom is -0.327 e. The van der Waals surface area contributed by atoms with Crippen molar-refractivity contribution in [1.82, 2.24) is 45.8 Å². The molecule has 10 heteroatoms. The van der Waals surface area contributed by atoms with Crippen LogP contribution in [0.25, 0.3) is 0 Å². The fourth-order valence-electron chi connectivity index (χ4n) is 10.2. The maximum atomic E-state index is 6.02. The molecular formula is C35H70N10. The number of likely N-dealkylation sites (tertiary alicyclic amines) is 3. The number of piperazine rings is 4. The maximum absolute atomic E-state index is 6.02. The molecule has 10 atom stereocenters. The first-order chi connectivity index (χ1) is 21.7. The Hall–Kier alpha value is -0.400. The second-order valence-electron chi connectivity index (χ2n) is 16.7. The molecule has 10 unspecified atom stereocenters. The molecule has 6 N–H and O–H groups in total. The second kappa shape index (κ2) is 15.9. The third kappa shape index (κ3) is 8.99. The van der Waals surface area contributed by atoms with E-state index in [0.29, 0.717) is 6.04 Å². The van der Waals surface area contributed by atoms with E-state index in [4.69, 9.17) is 5.73 Å². The zero-order valence-electron chi connectivity index (χ0n) is 29.6. The van der Waals surface area contributed by atoms with Crippen molar-refractivity contribution in [3.63, 3.8) is 0 Å². The van der Waals surface area contributed by atoms with E-state index in [0.717, 1.165) is 60.2 Å². The van der Waals surface area contributed by atoms with E-state index in [1.807, 2.05) is 0 Å². The third-order valence-corrected chi connectivity index (χ3v) is 13.2. The number of fused-ring (bicyclic) bond motifs is 11. The van der Waals surface area contributed by atoms with Crippen molar-refractivity contribution in [3.05, 3.63) is 0 Å². The summed E-state index contributed by atoms with van der Waals surface area (Å²) in [6.45, 7) is 12.4. The Kier molecular flexibility index (Phi) is 12.2. The van der Waals surface area contributed by atoms with E-state index in [2.05, 4.69) is 81.0 Å². The van der Waals surface area contributed by atoms with Gasteiger partial charge in [0.25, 0.3) is 0 Å². The van der Waals surface area contributed by atoms with E-state index in [1.165, 1.54) is 123 Å². The molecule has 11 rings (SSSR count). The zero-order chi connectivity index (χ0) is 31.5. The molecule has 260 valence electrons. The molecule has 10 bridgehead atoms. The van der Waals surface area contributed by atoms with Crippen molar-refractivity contribution in [3.8, 4) is 0 Å². The number of likely N-dealkylation sites (N-methyl/N-ethyl adjacent to an activating group) is 4. The van der Waals surface area contributed by atoms with Crippen LogP contribution in [0, 0.1) is 11.8 Å². The molecule has 0 amide bonds. The molecule has 10 aliphatic heterocycles. The lowest BCUT2D eigenvalue weighted by Gasteiger charge is -2.44. The van der Waals surface area contributed by atoms with Gasteiger partial charge in [-0.15, -0.1) is 0 Å². The average molecular weight is 631 g/mol. The SMILES string of the molecule is CN1C2CCC1CNC2.CN1CC2CC1CN2.CN1CC2CCC(C1)C2N.CN1CC2CCC(C1)N2.CN1CC2CCC1CN2. The van der Waals surface area contributed by atoms with Crippen LogP contribution in [0.3, 0.4) is 0 Å². The number of piperidine rings is 3. The smallest absolute Gasteiger partial charge is 0.0233 e. The highest BCUT2D eigenvalue weighted by Crippen LogP contribution is 2.34. The maximum Gasteiger partial charge on any atom is 0.0233 e. The lowest BCUT2D eigenvalue weighted by molar-refractivity contribution is 0.101. The summed E-state index contributed by atoms with van der Waals surface area (Å²) in [5.41, 5.74) is 6.02. The van der Waals surface area contributed by atoms with Crippen LogP contribution >= 0.6 is 0 Å². The number of hydrogen-bond acceptors (Lipinski definition) is 10. The minimum atomic E-state index is 0.524. The Labute approximate surface area is 275 Å². The number of hydrogen-bond donors (Lipinski definition) is 5. The summed E-state index contributed by atoms with van der Waals surface area (Å²) in [6, 6.07) is 7.19. The van der Waals surface area contributed by atoms with Gasteiger partial charge in [0.1, 0.15) is 0 Å². The average Bonchev–Trinajstić information content (AvgIpc) is 3.80. The van der Waals surface area contributed by atoms with Gasteiger partial charge in [-0.3, -0.25) is 4.90 Å². The number of nitrogens with one attached hydrogen (secondary N) is 4. The summed E-state index contributed by atoms with van der Waals surface area (Å²) >= 11 is 0. The normalized spacial score (nSPS) is 45.1. The molecule has 1 saturated carbocycles. The van der Waals surface area contributed by atoms with Crippen molar-refractivity contribution in [2.45, 2.75) is 112 Å². The van der Waals surface area contributed by atoms with Crippen LogP contribution in [-0.2, 0) is 0 Å². The molecule has 0 radical (unpaired) electrons. The van der Waals surface area contributed by atoms with E-state index in [9.17, 15) is 0 Å². The fraction of sp³-hybridized carbons (Fsp3) is 1.00. The molecule has 1 aliphatic carbocycles. The van der Waals surface area contributed by atoms with Crippen LogP contribution in [0.5, 0.6) is 0 Å². The summed E-state index contributed by atoms with van der Waals surface area (Å²) in [5, 5.41) is 14.0. The van der Waals surface area contributed by atoms with Crippen LogP contribution in [0.1, 0.15) is 57.8 Å². The van der Waals surface area contributed by atoms with Crippen molar-refractivity contribution >= 4 is 0 Å². The van der Waals surface area contributed by atoms with Crippen LogP contribution in [0.4, 0.5) is 0 Å². The Balaban J connectivity index is 0.0000000993. The predicted molar refractivity (Wildman–Crippen MR) is 187 cm³/mol. The summed E-state index contributed by atoms with van der Waals surface area (Å²) < 4.78 is 0. The second-order valence-corrected chi connectivity index (χ2v) is 16.7. The van der Waals surface area contributed by atoms with Crippen molar-refractivity contribution < 1.29 is 0 Å². The monoisotopic (exact) mass is 631 g/mol. The van der Waals surface area contributed by atoms with Gasteiger partial charge in [0.2, 0.25) is 0 Å². The van der Waals surface area contributed by atoms with Crippen LogP contribution in [-0.4, -0.2) is 180 Å². The van der Waals surface area contributed by atoms with Gasteiger partial charge in [0.05, 0.1) is 0 Å². The van der Waals surface area contributed by atoms with Gasteiger partial charge in [-0.1, -0.05) is 0 Å². The lowest BCUT2D eigenvalue weighted by Crippen LogP contribution is -2.59. The van der Waals surface area contributed by atoms with Gasteiger partial charge in [-0.25, -0.2) is 0 Å². The van der Waals surface area contributed by atoms with Crippen LogP contribution in [0.15, 0.2) is 0 Å².